The molecule has 6 rings (SSSR count). The van der Waals surface area contributed by atoms with E-state index in [0.29, 0.717) is 43.5 Å². The van der Waals surface area contributed by atoms with Gasteiger partial charge in [0.1, 0.15) is 5.75 Å². The van der Waals surface area contributed by atoms with Crippen LogP contribution in [-0.2, 0) is 26.3 Å². The van der Waals surface area contributed by atoms with Crippen molar-refractivity contribution in [1.29, 1.82) is 0 Å². The summed E-state index contributed by atoms with van der Waals surface area (Å²) in [6.45, 7) is 6.67. The number of carbonyl (C=O) groups is 1. The minimum Gasteiger partial charge on any atom is -0.490 e. The molecular weight excluding hydrogens is 608 g/mol. The molecule has 2 N–H and O–H groups in total. The van der Waals surface area contributed by atoms with E-state index in [1.807, 2.05) is 32.0 Å². The zero-order chi connectivity index (χ0) is 31.8. The molecule has 7 nitrogen and oxygen atoms in total. The van der Waals surface area contributed by atoms with Crippen LogP contribution < -0.4 is 14.4 Å². The van der Waals surface area contributed by atoms with Crippen LogP contribution in [0.25, 0.3) is 0 Å². The first kappa shape index (κ1) is 32.4. The number of amides is 1. The van der Waals surface area contributed by atoms with Gasteiger partial charge in [0, 0.05) is 47.6 Å². The summed E-state index contributed by atoms with van der Waals surface area (Å²) < 4.78 is 29.6. The number of nitrogens with zero attached hydrogens (tertiary/aromatic N) is 1. The fourth-order valence-electron chi connectivity index (χ4n) is 7.70. The lowest BCUT2D eigenvalue weighted by Gasteiger charge is -2.46. The highest BCUT2D eigenvalue weighted by Gasteiger charge is 2.44. The maximum atomic E-state index is 13.7. The molecule has 7 atom stereocenters. The number of nitrogens with one attached hydrogen (secondary N) is 1. The SMILES string of the molecule is C=S1(=O)NC(=O)c2ccc3c(c2)N(C[C@@H]2CC[C@H]2[C@@H](OCCCO)/C=C/C[C@H](C)[C@H]1C)C[C@@]1(CCCc2cc(Cl)ccc21)CO3. The zero-order valence-electron chi connectivity index (χ0n) is 26.5. The van der Waals surface area contributed by atoms with Crippen LogP contribution in [0.2, 0.25) is 5.02 Å². The number of hydrogen-bond donors (Lipinski definition) is 2. The Kier molecular flexibility index (Phi) is 9.58. The number of halogens is 1. The smallest absolute Gasteiger partial charge is 0.262 e. The summed E-state index contributed by atoms with van der Waals surface area (Å²) in [6, 6.07) is 11.8. The van der Waals surface area contributed by atoms with E-state index in [1.54, 1.807) is 6.07 Å². The maximum absolute atomic E-state index is 13.7. The zero-order valence-corrected chi connectivity index (χ0v) is 28.1. The van der Waals surface area contributed by atoms with Gasteiger partial charge in [0.2, 0.25) is 0 Å². The molecule has 0 saturated heterocycles. The Morgan fingerprint density at radius 2 is 2.07 bits per heavy atom. The van der Waals surface area contributed by atoms with E-state index in [2.05, 4.69) is 39.8 Å². The highest BCUT2D eigenvalue weighted by molar-refractivity contribution is 7.99. The molecule has 45 heavy (non-hydrogen) atoms. The number of anilines is 1. The number of aliphatic hydroxyl groups is 1. The molecule has 1 unspecified atom stereocenters. The van der Waals surface area contributed by atoms with Gasteiger partial charge < -0.3 is 19.5 Å². The summed E-state index contributed by atoms with van der Waals surface area (Å²) in [6.07, 6.45) is 10.8. The van der Waals surface area contributed by atoms with Crippen LogP contribution in [0.5, 0.6) is 5.75 Å². The molecule has 1 fully saturated rings. The van der Waals surface area contributed by atoms with E-state index in [-0.39, 0.29) is 35.2 Å². The van der Waals surface area contributed by atoms with Crippen molar-refractivity contribution in [2.75, 3.05) is 37.8 Å². The summed E-state index contributed by atoms with van der Waals surface area (Å²) in [5.74, 6) is 5.14. The standard InChI is InChI=1S/C36H47ClN2O5S/c1-24-7-4-9-33(43-18-6-17-40)30-13-10-28(30)21-39-22-36(16-5-8-26-19-29(37)12-14-31(26)36)23-44-34-15-11-27(20-32(34)39)35(41)38-45(3,42)25(24)2/h4,9,11-12,14-15,19-20,24-25,28,30,33,40H,3,5-8,10,13,16-18,21-23H2,1-2H3,(H,38,41,42)/b9-4+/t24-,25+,28-,30+,33-,36-,45?/m0/s1. The molecule has 0 aromatic heterocycles. The summed E-state index contributed by atoms with van der Waals surface area (Å²) in [4.78, 5) is 16.0. The van der Waals surface area contributed by atoms with Crippen LogP contribution in [-0.4, -0.2) is 65.4 Å². The Hall–Kier alpha value is -2.52. The van der Waals surface area contributed by atoms with E-state index >= 15 is 0 Å². The van der Waals surface area contributed by atoms with Gasteiger partial charge in [-0.05, 0) is 117 Å². The Balaban J connectivity index is 1.41. The molecule has 2 bridgehead atoms. The third-order valence-electron chi connectivity index (χ3n) is 10.8. The molecule has 2 aliphatic heterocycles. The van der Waals surface area contributed by atoms with Crippen LogP contribution in [0.3, 0.4) is 0 Å². The van der Waals surface area contributed by atoms with E-state index in [4.69, 9.17) is 21.1 Å². The summed E-state index contributed by atoms with van der Waals surface area (Å²) in [5, 5.41) is 9.86. The van der Waals surface area contributed by atoms with Gasteiger partial charge in [0.15, 0.2) is 0 Å². The third kappa shape index (κ3) is 6.67. The van der Waals surface area contributed by atoms with E-state index in [0.717, 1.165) is 61.7 Å². The Bertz CT molecular complexity index is 1540. The second-order valence-corrected chi connectivity index (χ2v) is 16.5. The van der Waals surface area contributed by atoms with Gasteiger partial charge in [0.05, 0.1) is 28.1 Å². The van der Waals surface area contributed by atoms with Gasteiger partial charge >= 0.3 is 0 Å². The van der Waals surface area contributed by atoms with Crippen molar-refractivity contribution in [3.8, 4) is 5.75 Å². The number of aryl methyl sites for hydroxylation is 1. The monoisotopic (exact) mass is 654 g/mol. The minimum absolute atomic E-state index is 0.0371. The van der Waals surface area contributed by atoms with E-state index < -0.39 is 9.71 Å². The number of hydrogen-bond acceptors (Lipinski definition) is 6. The van der Waals surface area contributed by atoms with Gasteiger partial charge in [-0.25, -0.2) is 4.21 Å². The molecular formula is C36H47ClN2O5S. The first-order valence-corrected chi connectivity index (χ1v) is 18.6. The van der Waals surface area contributed by atoms with Gasteiger partial charge in [-0.1, -0.05) is 36.7 Å². The average molecular weight is 655 g/mol. The molecule has 2 aromatic rings. The van der Waals surface area contributed by atoms with Gasteiger partial charge in [-0.3, -0.25) is 9.52 Å². The van der Waals surface area contributed by atoms with Gasteiger partial charge in [0.25, 0.3) is 5.91 Å². The number of fused-ring (bicyclic) bond motifs is 4. The number of rotatable bonds is 4. The van der Waals surface area contributed by atoms with Crippen molar-refractivity contribution in [1.82, 2.24) is 4.72 Å². The summed E-state index contributed by atoms with van der Waals surface area (Å²) >= 11 is 6.44. The second kappa shape index (κ2) is 13.3. The fraction of sp³-hybridized carbons (Fsp3) is 0.556. The quantitative estimate of drug-likeness (QED) is 0.241. The predicted molar refractivity (Wildman–Crippen MR) is 183 cm³/mol. The largest absolute Gasteiger partial charge is 0.490 e. The highest BCUT2D eigenvalue weighted by atomic mass is 35.5. The lowest BCUT2D eigenvalue weighted by atomic mass is 9.68. The van der Waals surface area contributed by atoms with E-state index in [9.17, 15) is 14.1 Å². The first-order chi connectivity index (χ1) is 21.6. The van der Waals surface area contributed by atoms with Gasteiger partial charge in [-0.15, -0.1) is 0 Å². The first-order valence-electron chi connectivity index (χ1n) is 16.5. The molecule has 9 heteroatoms. The second-order valence-electron chi connectivity index (χ2n) is 13.7. The van der Waals surface area contributed by atoms with Crippen LogP contribution >= 0.6 is 11.6 Å². The van der Waals surface area contributed by atoms with Gasteiger partial charge in [-0.2, -0.15) is 0 Å². The van der Waals surface area contributed by atoms with Crippen LogP contribution in [0.1, 0.15) is 73.9 Å². The number of allylic oxidation sites excluding steroid dienone is 1. The molecule has 4 aliphatic rings. The number of aliphatic hydroxyl groups excluding tert-OH is 1. The predicted octanol–water partition coefficient (Wildman–Crippen LogP) is 5.95. The molecule has 2 aromatic carbocycles. The normalized spacial score (nSPS) is 34.0. The number of benzene rings is 2. The molecule has 244 valence electrons. The van der Waals surface area contributed by atoms with Crippen molar-refractivity contribution in [2.45, 2.75) is 75.6 Å². The minimum atomic E-state index is -2.92. The van der Waals surface area contributed by atoms with Crippen molar-refractivity contribution in [3.05, 3.63) is 70.3 Å². The molecule has 2 aliphatic carbocycles. The lowest BCUT2D eigenvalue weighted by Crippen LogP contribution is -2.49. The topological polar surface area (TPSA) is 88.1 Å². The fourth-order valence-corrected chi connectivity index (χ4v) is 9.38. The van der Waals surface area contributed by atoms with Crippen LogP contribution in [0, 0.1) is 17.8 Å². The molecule has 1 saturated carbocycles. The summed E-state index contributed by atoms with van der Waals surface area (Å²) in [7, 11) is -2.92. The van der Waals surface area contributed by atoms with Crippen molar-refractivity contribution >= 4 is 38.8 Å². The Morgan fingerprint density at radius 3 is 2.84 bits per heavy atom. The van der Waals surface area contributed by atoms with Crippen molar-refractivity contribution < 1.29 is 23.6 Å². The Morgan fingerprint density at radius 1 is 1.22 bits per heavy atom. The molecule has 2 heterocycles. The summed E-state index contributed by atoms with van der Waals surface area (Å²) in [5.41, 5.74) is 3.71. The maximum Gasteiger partial charge on any atom is 0.262 e. The molecule has 0 radical (unpaired) electrons. The van der Waals surface area contributed by atoms with Crippen molar-refractivity contribution in [3.63, 3.8) is 0 Å². The lowest BCUT2D eigenvalue weighted by molar-refractivity contribution is -0.0180. The molecule has 1 spiro atoms. The number of carbonyl (C=O) groups excluding carboxylic acids is 1. The Labute approximate surface area is 273 Å². The average Bonchev–Trinajstić information content (AvgIpc) is 3.15. The van der Waals surface area contributed by atoms with Crippen molar-refractivity contribution in [2.24, 2.45) is 17.8 Å². The number of ether oxygens (including phenoxy) is 2. The molecule has 1 amide bonds. The van der Waals surface area contributed by atoms with Crippen LogP contribution in [0.4, 0.5) is 5.69 Å². The van der Waals surface area contributed by atoms with E-state index in [1.165, 1.54) is 11.1 Å². The highest BCUT2D eigenvalue weighted by Crippen LogP contribution is 2.47. The third-order valence-corrected chi connectivity index (χ3v) is 13.2. The van der Waals surface area contributed by atoms with Crippen LogP contribution in [0.15, 0.2) is 48.6 Å².